The lowest BCUT2D eigenvalue weighted by molar-refractivity contribution is 0.104. The number of nitrogen functional groups attached to an aromatic ring is 1. The molecular weight excluding hydrogens is 371 g/mol. The highest BCUT2D eigenvalue weighted by Gasteiger charge is 2.26. The highest BCUT2D eigenvalue weighted by atomic mass is 32.1. The number of nitrogens with two attached hydrogens (primary N) is 1. The summed E-state index contributed by atoms with van der Waals surface area (Å²) in [6.07, 6.45) is 3.00. The van der Waals surface area contributed by atoms with Crippen molar-refractivity contribution in [1.82, 2.24) is 4.98 Å². The number of anilines is 1. The monoisotopic (exact) mass is 388 g/mol. The average Bonchev–Trinajstić information content (AvgIpc) is 3.31. The number of pyridine rings is 1. The lowest BCUT2D eigenvalue weighted by Gasteiger charge is -2.11. The highest BCUT2D eigenvalue weighted by Crippen LogP contribution is 2.44. The number of hydrogen-bond acceptors (Lipinski definition) is 4. The van der Waals surface area contributed by atoms with E-state index in [0.29, 0.717) is 16.1 Å². The van der Waals surface area contributed by atoms with Crippen LogP contribution in [0.4, 0.5) is 10.1 Å². The van der Waals surface area contributed by atoms with Crippen molar-refractivity contribution in [2.24, 2.45) is 0 Å². The highest BCUT2D eigenvalue weighted by molar-refractivity contribution is 7.21. The molecule has 0 unspecified atom stereocenters. The van der Waals surface area contributed by atoms with Gasteiger partial charge >= 0.3 is 0 Å². The van der Waals surface area contributed by atoms with E-state index in [1.54, 1.807) is 0 Å². The van der Waals surface area contributed by atoms with Crippen molar-refractivity contribution in [2.45, 2.75) is 19.3 Å². The maximum Gasteiger partial charge on any atom is 0.205 e. The van der Waals surface area contributed by atoms with E-state index in [4.69, 9.17) is 10.7 Å². The first kappa shape index (κ1) is 17.1. The lowest BCUT2D eigenvalue weighted by Crippen LogP contribution is -2.02. The van der Waals surface area contributed by atoms with Gasteiger partial charge in [0.25, 0.3) is 0 Å². The van der Waals surface area contributed by atoms with Gasteiger partial charge in [-0.3, -0.25) is 4.79 Å². The van der Waals surface area contributed by atoms with Gasteiger partial charge in [-0.25, -0.2) is 9.37 Å². The molecule has 5 rings (SSSR count). The van der Waals surface area contributed by atoms with Gasteiger partial charge in [0.15, 0.2) is 0 Å². The van der Waals surface area contributed by atoms with Crippen LogP contribution in [-0.2, 0) is 12.8 Å². The van der Waals surface area contributed by atoms with E-state index >= 15 is 0 Å². The molecule has 2 N–H and O–H groups in total. The first-order valence-corrected chi connectivity index (χ1v) is 10.0. The number of aryl methyl sites for hydroxylation is 1. The number of carbonyl (C=O) groups excluding carboxylic acids is 1. The SMILES string of the molecule is Nc1c(C(=O)c2ccc(F)cc2)sc2nc3c(c(-c4ccccc4)c12)CCC3. The third-order valence-corrected chi connectivity index (χ3v) is 6.38. The van der Waals surface area contributed by atoms with E-state index in [2.05, 4.69) is 12.1 Å². The Labute approximate surface area is 165 Å². The van der Waals surface area contributed by atoms with Crippen molar-refractivity contribution in [3.05, 3.63) is 82.1 Å². The number of ketones is 1. The zero-order valence-electron chi connectivity index (χ0n) is 15.0. The number of rotatable bonds is 3. The van der Waals surface area contributed by atoms with Gasteiger partial charge in [-0.1, -0.05) is 30.3 Å². The largest absolute Gasteiger partial charge is 0.397 e. The van der Waals surface area contributed by atoms with E-state index in [1.807, 2.05) is 18.2 Å². The Morgan fingerprint density at radius 1 is 1.04 bits per heavy atom. The van der Waals surface area contributed by atoms with Crippen LogP contribution >= 0.6 is 11.3 Å². The van der Waals surface area contributed by atoms with Crippen LogP contribution in [0.5, 0.6) is 0 Å². The Morgan fingerprint density at radius 2 is 1.79 bits per heavy atom. The summed E-state index contributed by atoms with van der Waals surface area (Å²) >= 11 is 1.33. The molecule has 0 saturated heterocycles. The van der Waals surface area contributed by atoms with Crippen LogP contribution in [0, 0.1) is 5.82 Å². The van der Waals surface area contributed by atoms with Crippen molar-refractivity contribution in [3.63, 3.8) is 0 Å². The Bertz CT molecular complexity index is 1210. The van der Waals surface area contributed by atoms with Gasteiger partial charge < -0.3 is 5.73 Å². The molecule has 0 bridgehead atoms. The molecular formula is C23H17FN2OS. The number of thiophene rings is 1. The Kier molecular flexibility index (Phi) is 3.98. The van der Waals surface area contributed by atoms with E-state index in [9.17, 15) is 9.18 Å². The van der Waals surface area contributed by atoms with Gasteiger partial charge in [0.1, 0.15) is 15.5 Å². The Hall–Kier alpha value is -3.05. The summed E-state index contributed by atoms with van der Waals surface area (Å²) in [7, 11) is 0. The second kappa shape index (κ2) is 6.53. The maximum absolute atomic E-state index is 13.2. The summed E-state index contributed by atoms with van der Waals surface area (Å²) in [6, 6.07) is 15.7. The average molecular weight is 388 g/mol. The molecule has 2 heterocycles. The number of aromatic nitrogens is 1. The molecule has 28 heavy (non-hydrogen) atoms. The summed E-state index contributed by atoms with van der Waals surface area (Å²) in [5.41, 5.74) is 11.9. The number of carbonyl (C=O) groups is 1. The fourth-order valence-electron chi connectivity index (χ4n) is 3.97. The number of halogens is 1. The molecule has 2 aromatic carbocycles. The molecule has 1 aliphatic rings. The predicted octanol–water partition coefficient (Wildman–Crippen LogP) is 5.40. The molecule has 0 radical (unpaired) electrons. The molecule has 0 spiro atoms. The van der Waals surface area contributed by atoms with Crippen LogP contribution < -0.4 is 5.73 Å². The second-order valence-corrected chi connectivity index (χ2v) is 7.99. The molecule has 0 saturated carbocycles. The lowest BCUT2D eigenvalue weighted by atomic mass is 9.95. The number of benzene rings is 2. The summed E-state index contributed by atoms with van der Waals surface area (Å²) < 4.78 is 13.2. The van der Waals surface area contributed by atoms with Crippen LogP contribution in [0.1, 0.15) is 32.9 Å². The van der Waals surface area contributed by atoms with Gasteiger partial charge in [-0.2, -0.15) is 0 Å². The topological polar surface area (TPSA) is 56.0 Å². The Morgan fingerprint density at radius 3 is 2.54 bits per heavy atom. The van der Waals surface area contributed by atoms with Gasteiger partial charge in [0, 0.05) is 16.6 Å². The molecule has 2 aromatic heterocycles. The fourth-order valence-corrected chi connectivity index (χ4v) is 5.06. The zero-order valence-corrected chi connectivity index (χ0v) is 15.9. The summed E-state index contributed by atoms with van der Waals surface area (Å²) in [5, 5.41) is 0.863. The molecule has 138 valence electrons. The molecule has 3 nitrogen and oxygen atoms in total. The third-order valence-electron chi connectivity index (χ3n) is 5.28. The molecule has 1 aliphatic carbocycles. The van der Waals surface area contributed by atoms with Crippen LogP contribution in [0.15, 0.2) is 54.6 Å². The number of hydrogen-bond donors (Lipinski definition) is 1. The maximum atomic E-state index is 13.2. The molecule has 0 fully saturated rings. The van der Waals surface area contributed by atoms with Crippen LogP contribution in [0.25, 0.3) is 21.3 Å². The van der Waals surface area contributed by atoms with E-state index in [1.165, 1.54) is 41.2 Å². The van der Waals surface area contributed by atoms with Crippen LogP contribution in [0.3, 0.4) is 0 Å². The second-order valence-electron chi connectivity index (χ2n) is 6.99. The van der Waals surface area contributed by atoms with E-state index in [-0.39, 0.29) is 11.6 Å². The van der Waals surface area contributed by atoms with Crippen molar-refractivity contribution in [2.75, 3.05) is 5.73 Å². The van der Waals surface area contributed by atoms with E-state index < -0.39 is 0 Å². The minimum absolute atomic E-state index is 0.195. The van der Waals surface area contributed by atoms with Crippen LogP contribution in [0.2, 0.25) is 0 Å². The number of fused-ring (bicyclic) bond motifs is 2. The number of nitrogens with zero attached hydrogens (tertiary/aromatic N) is 1. The van der Waals surface area contributed by atoms with Crippen LogP contribution in [-0.4, -0.2) is 10.8 Å². The van der Waals surface area contributed by atoms with Gasteiger partial charge in [0.05, 0.1) is 5.69 Å². The first-order chi connectivity index (χ1) is 13.6. The molecule has 0 aliphatic heterocycles. The molecule has 0 amide bonds. The quantitative estimate of drug-likeness (QED) is 0.478. The smallest absolute Gasteiger partial charge is 0.205 e. The van der Waals surface area contributed by atoms with Gasteiger partial charge in [-0.15, -0.1) is 11.3 Å². The molecule has 4 aromatic rings. The molecule has 5 heteroatoms. The normalized spacial score (nSPS) is 13.0. The van der Waals surface area contributed by atoms with Gasteiger partial charge in [0.2, 0.25) is 5.78 Å². The van der Waals surface area contributed by atoms with Crippen molar-refractivity contribution in [1.29, 1.82) is 0 Å². The van der Waals surface area contributed by atoms with Crippen molar-refractivity contribution in [3.8, 4) is 11.1 Å². The Balaban J connectivity index is 1.76. The fraction of sp³-hybridized carbons (Fsp3) is 0.130. The van der Waals surface area contributed by atoms with Crippen molar-refractivity contribution < 1.29 is 9.18 Å². The standard InChI is InChI=1S/C23H17FN2OS/c24-15-11-9-14(10-12-15)21(27)22-20(25)19-18(13-5-2-1-3-6-13)16-7-4-8-17(16)26-23(19)28-22/h1-3,5-6,9-12H,4,7-8,25H2. The minimum atomic E-state index is -0.370. The summed E-state index contributed by atoms with van der Waals surface area (Å²) in [5.74, 6) is -0.565. The first-order valence-electron chi connectivity index (χ1n) is 9.23. The summed E-state index contributed by atoms with van der Waals surface area (Å²) in [4.78, 5) is 19.1. The summed E-state index contributed by atoms with van der Waals surface area (Å²) in [6.45, 7) is 0. The predicted molar refractivity (Wildman–Crippen MR) is 111 cm³/mol. The molecule has 0 atom stereocenters. The van der Waals surface area contributed by atoms with Gasteiger partial charge in [-0.05, 0) is 60.2 Å². The minimum Gasteiger partial charge on any atom is -0.397 e. The van der Waals surface area contributed by atoms with E-state index in [0.717, 1.165) is 46.3 Å². The third kappa shape index (κ3) is 2.62. The zero-order chi connectivity index (χ0) is 19.3. The van der Waals surface area contributed by atoms with Crippen molar-refractivity contribution >= 4 is 33.0 Å².